The predicted octanol–water partition coefficient (Wildman–Crippen LogP) is 2.82. The first-order chi connectivity index (χ1) is 12.5. The van der Waals surface area contributed by atoms with Crippen molar-refractivity contribution in [2.24, 2.45) is 0 Å². The molecule has 10 heteroatoms. The summed E-state index contributed by atoms with van der Waals surface area (Å²) in [4.78, 5) is 15.9. The number of amides is 1. The number of nitrogens with zero attached hydrogens (tertiary/aromatic N) is 2. The lowest BCUT2D eigenvalue weighted by Crippen LogP contribution is -2.51. The molecule has 0 unspecified atom stereocenters. The zero-order valence-electron chi connectivity index (χ0n) is 15.7. The van der Waals surface area contributed by atoms with E-state index in [1.807, 2.05) is 20.8 Å². The van der Waals surface area contributed by atoms with Crippen LogP contribution in [0.1, 0.15) is 20.8 Å². The van der Waals surface area contributed by atoms with Crippen molar-refractivity contribution in [3.8, 4) is 0 Å². The van der Waals surface area contributed by atoms with Gasteiger partial charge in [-0.3, -0.25) is 4.90 Å². The molecule has 1 aliphatic heterocycles. The Morgan fingerprint density at radius 3 is 2.33 bits per heavy atom. The highest BCUT2D eigenvalue weighted by atomic mass is 35.5. The van der Waals surface area contributed by atoms with E-state index in [0.717, 1.165) is 0 Å². The number of rotatable bonds is 5. The van der Waals surface area contributed by atoms with Gasteiger partial charge in [0.1, 0.15) is 5.60 Å². The van der Waals surface area contributed by atoms with Gasteiger partial charge in [-0.05, 0) is 39.0 Å². The highest BCUT2D eigenvalue weighted by Gasteiger charge is 2.26. The number of sulfonamides is 1. The van der Waals surface area contributed by atoms with Crippen molar-refractivity contribution < 1.29 is 17.9 Å². The second-order valence-electron chi connectivity index (χ2n) is 7.28. The summed E-state index contributed by atoms with van der Waals surface area (Å²) in [7, 11) is -3.65. The van der Waals surface area contributed by atoms with E-state index in [0.29, 0.717) is 37.7 Å². The molecule has 0 bridgehead atoms. The van der Waals surface area contributed by atoms with Crippen LogP contribution in [0.15, 0.2) is 23.1 Å². The lowest BCUT2D eigenvalue weighted by Gasteiger charge is -2.35. The molecule has 0 spiro atoms. The lowest BCUT2D eigenvalue weighted by atomic mass is 10.2. The summed E-state index contributed by atoms with van der Waals surface area (Å²) in [6.07, 6.45) is -0.317. The number of hydrogen-bond donors (Lipinski definition) is 1. The monoisotopic (exact) mass is 437 g/mol. The summed E-state index contributed by atoms with van der Waals surface area (Å²) in [5, 5.41) is 0.497. The number of hydrogen-bond acceptors (Lipinski definition) is 5. The molecule has 1 aliphatic rings. The molecule has 0 atom stereocenters. The van der Waals surface area contributed by atoms with Crippen LogP contribution in [0.5, 0.6) is 0 Å². The molecular formula is C17H25Cl2N3O4S. The zero-order valence-corrected chi connectivity index (χ0v) is 18.0. The summed E-state index contributed by atoms with van der Waals surface area (Å²) >= 11 is 11.7. The topological polar surface area (TPSA) is 79.0 Å². The van der Waals surface area contributed by atoms with E-state index < -0.39 is 15.6 Å². The first-order valence-electron chi connectivity index (χ1n) is 8.63. The molecule has 0 aromatic heterocycles. The maximum absolute atomic E-state index is 12.3. The van der Waals surface area contributed by atoms with E-state index >= 15 is 0 Å². The Hall–Kier alpha value is -1.06. The van der Waals surface area contributed by atoms with Crippen molar-refractivity contribution in [1.29, 1.82) is 0 Å². The predicted molar refractivity (Wildman–Crippen MR) is 106 cm³/mol. The number of benzene rings is 1. The van der Waals surface area contributed by atoms with Crippen LogP contribution in [0.2, 0.25) is 10.0 Å². The fourth-order valence-corrected chi connectivity index (χ4v) is 3.96. The van der Waals surface area contributed by atoms with E-state index in [4.69, 9.17) is 27.9 Å². The van der Waals surface area contributed by atoms with Crippen LogP contribution in [-0.4, -0.2) is 69.2 Å². The van der Waals surface area contributed by atoms with Crippen molar-refractivity contribution in [2.45, 2.75) is 31.3 Å². The third-order valence-electron chi connectivity index (χ3n) is 3.95. The Balaban J connectivity index is 1.78. The summed E-state index contributed by atoms with van der Waals surface area (Å²) < 4.78 is 32.5. The van der Waals surface area contributed by atoms with Crippen molar-refractivity contribution in [1.82, 2.24) is 14.5 Å². The number of carbonyl (C=O) groups excluding carboxylic acids is 1. The van der Waals surface area contributed by atoms with Gasteiger partial charge in [-0.1, -0.05) is 23.2 Å². The molecule has 1 amide bonds. The fourth-order valence-electron chi connectivity index (χ4n) is 2.55. The van der Waals surface area contributed by atoms with Gasteiger partial charge in [0.05, 0.1) is 14.9 Å². The van der Waals surface area contributed by atoms with Gasteiger partial charge in [-0.15, -0.1) is 0 Å². The molecular weight excluding hydrogens is 413 g/mol. The third-order valence-corrected chi connectivity index (χ3v) is 6.14. The van der Waals surface area contributed by atoms with Crippen LogP contribution in [0.4, 0.5) is 4.79 Å². The van der Waals surface area contributed by atoms with E-state index in [-0.39, 0.29) is 22.6 Å². The van der Waals surface area contributed by atoms with E-state index in [2.05, 4.69) is 9.62 Å². The molecule has 1 heterocycles. The molecule has 2 rings (SSSR count). The standard InChI is InChI=1S/C17H25Cl2N3O4S/c1-17(2,3)26-16(23)22-10-8-21(9-11-22)7-6-20-27(24,25)13-4-5-14(18)15(19)12-13/h4-5,12,20H,6-11H2,1-3H3. The highest BCUT2D eigenvalue weighted by molar-refractivity contribution is 7.89. The minimum Gasteiger partial charge on any atom is -0.444 e. The summed E-state index contributed by atoms with van der Waals surface area (Å²) in [5.41, 5.74) is -0.517. The number of ether oxygens (including phenoxy) is 1. The number of carbonyl (C=O) groups is 1. The van der Waals surface area contributed by atoms with Crippen LogP contribution in [0.3, 0.4) is 0 Å². The van der Waals surface area contributed by atoms with Crippen LogP contribution >= 0.6 is 23.2 Å². The van der Waals surface area contributed by atoms with Gasteiger partial charge >= 0.3 is 6.09 Å². The van der Waals surface area contributed by atoms with Crippen LogP contribution in [-0.2, 0) is 14.8 Å². The molecule has 1 aromatic rings. The van der Waals surface area contributed by atoms with Crippen LogP contribution < -0.4 is 4.72 Å². The summed E-state index contributed by atoms with van der Waals surface area (Å²) in [5.74, 6) is 0. The van der Waals surface area contributed by atoms with Gasteiger partial charge in [0, 0.05) is 39.3 Å². The fraction of sp³-hybridized carbons (Fsp3) is 0.588. The molecule has 0 saturated carbocycles. The largest absolute Gasteiger partial charge is 0.444 e. The average Bonchev–Trinajstić information content (AvgIpc) is 2.56. The van der Waals surface area contributed by atoms with Crippen molar-refractivity contribution >= 4 is 39.3 Å². The Bertz CT molecular complexity index is 773. The first kappa shape index (κ1) is 22.2. The second-order valence-corrected chi connectivity index (χ2v) is 9.86. The molecule has 1 fully saturated rings. The van der Waals surface area contributed by atoms with Crippen LogP contribution in [0.25, 0.3) is 0 Å². The van der Waals surface area contributed by atoms with E-state index in [1.165, 1.54) is 18.2 Å². The highest BCUT2D eigenvalue weighted by Crippen LogP contribution is 2.24. The van der Waals surface area contributed by atoms with Gasteiger partial charge in [0.25, 0.3) is 0 Å². The molecule has 0 radical (unpaired) electrons. The molecule has 152 valence electrons. The molecule has 7 nitrogen and oxygen atoms in total. The molecule has 0 aliphatic carbocycles. The summed E-state index contributed by atoms with van der Waals surface area (Å²) in [6.45, 7) is 8.73. The molecule has 1 saturated heterocycles. The minimum absolute atomic E-state index is 0.0756. The molecule has 1 N–H and O–H groups in total. The van der Waals surface area contributed by atoms with Gasteiger partial charge in [-0.25, -0.2) is 17.9 Å². The normalized spacial score (nSPS) is 16.4. The Labute approximate surface area is 170 Å². The molecule has 27 heavy (non-hydrogen) atoms. The Morgan fingerprint density at radius 2 is 1.78 bits per heavy atom. The third kappa shape index (κ3) is 6.80. The number of halogens is 2. The number of piperazine rings is 1. The number of nitrogens with one attached hydrogen (secondary N) is 1. The smallest absolute Gasteiger partial charge is 0.410 e. The average molecular weight is 438 g/mol. The van der Waals surface area contributed by atoms with Crippen molar-refractivity contribution in [3.05, 3.63) is 28.2 Å². The minimum atomic E-state index is -3.65. The van der Waals surface area contributed by atoms with E-state index in [1.54, 1.807) is 4.90 Å². The van der Waals surface area contributed by atoms with Crippen molar-refractivity contribution in [2.75, 3.05) is 39.3 Å². The lowest BCUT2D eigenvalue weighted by molar-refractivity contribution is 0.0147. The van der Waals surface area contributed by atoms with Gasteiger partial charge < -0.3 is 9.64 Å². The maximum Gasteiger partial charge on any atom is 0.410 e. The first-order valence-corrected chi connectivity index (χ1v) is 10.9. The maximum atomic E-state index is 12.3. The zero-order chi connectivity index (χ0) is 20.2. The van der Waals surface area contributed by atoms with Crippen molar-refractivity contribution in [3.63, 3.8) is 0 Å². The van der Waals surface area contributed by atoms with Crippen LogP contribution in [0, 0.1) is 0 Å². The quantitative estimate of drug-likeness (QED) is 0.765. The van der Waals surface area contributed by atoms with Gasteiger partial charge in [0.15, 0.2) is 0 Å². The molecule has 1 aromatic carbocycles. The SMILES string of the molecule is CC(C)(C)OC(=O)N1CCN(CCNS(=O)(=O)c2ccc(Cl)c(Cl)c2)CC1. The van der Waals surface area contributed by atoms with Gasteiger partial charge in [-0.2, -0.15) is 0 Å². The summed E-state index contributed by atoms with van der Waals surface area (Å²) in [6, 6.07) is 4.19. The van der Waals surface area contributed by atoms with E-state index in [9.17, 15) is 13.2 Å². The Morgan fingerprint density at radius 1 is 1.15 bits per heavy atom. The second kappa shape index (κ2) is 8.96. The van der Waals surface area contributed by atoms with Gasteiger partial charge in [0.2, 0.25) is 10.0 Å². The Kier molecular flexibility index (Phi) is 7.38.